The number of esters is 1. The normalized spacial score (nSPS) is 17.4. The monoisotopic (exact) mass is 858 g/mol. The zero-order chi connectivity index (χ0) is 46.4. The van der Waals surface area contributed by atoms with E-state index in [-0.39, 0.29) is 65.3 Å². The van der Waals surface area contributed by atoms with E-state index in [1.54, 1.807) is 20.8 Å². The molecule has 2 fully saturated rings. The molecule has 344 valence electrons. The van der Waals surface area contributed by atoms with Gasteiger partial charge in [0.1, 0.15) is 5.60 Å². The SMILES string of the molecule is CC(C)C[C@H](N)C(=O)C1(C)CC1.CC(C)C[C@H](NC(=O)[C@H](CCc1ccccc1)CC(=O)OC(C)(C)C)C(=O)C[C@@H](Cc1ccccc1)C(=O)N[C@@H](CC(C)C)C(=O)C1(C)CC1. The highest BCUT2D eigenvalue weighted by Gasteiger charge is 2.48. The van der Waals surface area contributed by atoms with Crippen LogP contribution in [0, 0.1) is 40.4 Å². The lowest BCUT2D eigenvalue weighted by Gasteiger charge is -2.27. The van der Waals surface area contributed by atoms with Crippen LogP contribution in [0.3, 0.4) is 0 Å². The van der Waals surface area contributed by atoms with Crippen molar-refractivity contribution >= 4 is 35.1 Å². The van der Waals surface area contributed by atoms with Gasteiger partial charge in [0.25, 0.3) is 0 Å². The van der Waals surface area contributed by atoms with E-state index in [1.807, 2.05) is 102 Å². The molecule has 4 rings (SSSR count). The van der Waals surface area contributed by atoms with Crippen molar-refractivity contribution in [1.29, 1.82) is 0 Å². The van der Waals surface area contributed by atoms with Crippen LogP contribution in [0.15, 0.2) is 60.7 Å². The molecule has 2 saturated carbocycles. The van der Waals surface area contributed by atoms with Gasteiger partial charge in [0.15, 0.2) is 17.3 Å². The van der Waals surface area contributed by atoms with Crippen molar-refractivity contribution in [3.8, 4) is 0 Å². The number of nitrogens with one attached hydrogen (secondary N) is 2. The fourth-order valence-electron chi connectivity index (χ4n) is 7.81. The van der Waals surface area contributed by atoms with Crippen LogP contribution in [0.1, 0.15) is 151 Å². The Balaban J connectivity index is 0.000000732. The number of ether oxygens (including phenoxy) is 1. The zero-order valence-corrected chi connectivity index (χ0v) is 39.8. The van der Waals surface area contributed by atoms with Gasteiger partial charge in [-0.3, -0.25) is 28.8 Å². The highest BCUT2D eigenvalue weighted by molar-refractivity contribution is 5.97. The molecule has 0 heterocycles. The highest BCUT2D eigenvalue weighted by atomic mass is 16.6. The zero-order valence-electron chi connectivity index (χ0n) is 39.8. The first-order valence-corrected chi connectivity index (χ1v) is 23.2. The van der Waals surface area contributed by atoms with Crippen molar-refractivity contribution in [3.05, 3.63) is 71.8 Å². The van der Waals surface area contributed by atoms with Crippen LogP contribution in [0.5, 0.6) is 0 Å². The van der Waals surface area contributed by atoms with Crippen LogP contribution >= 0.6 is 0 Å². The van der Waals surface area contributed by atoms with E-state index in [1.165, 1.54) is 0 Å². The maximum absolute atomic E-state index is 14.1. The maximum Gasteiger partial charge on any atom is 0.307 e. The van der Waals surface area contributed by atoms with E-state index in [0.29, 0.717) is 38.0 Å². The van der Waals surface area contributed by atoms with Gasteiger partial charge < -0.3 is 21.1 Å². The average molecular weight is 858 g/mol. The molecule has 4 N–H and O–H groups in total. The number of amides is 2. The molecule has 2 aromatic carbocycles. The summed E-state index contributed by atoms with van der Waals surface area (Å²) in [5.74, 6) is -1.74. The first-order chi connectivity index (χ1) is 28.9. The summed E-state index contributed by atoms with van der Waals surface area (Å²) in [6.45, 7) is 21.6. The number of carbonyl (C=O) groups is 6. The minimum absolute atomic E-state index is 0.0473. The molecule has 0 bridgehead atoms. The molecule has 2 aliphatic rings. The van der Waals surface area contributed by atoms with Crippen LogP contribution in [-0.2, 0) is 46.3 Å². The third-order valence-electron chi connectivity index (χ3n) is 12.0. The Labute approximate surface area is 373 Å². The Morgan fingerprint density at radius 1 is 0.629 bits per heavy atom. The van der Waals surface area contributed by atoms with Gasteiger partial charge in [0.2, 0.25) is 11.8 Å². The summed E-state index contributed by atoms with van der Waals surface area (Å²) in [6, 6.07) is 17.6. The van der Waals surface area contributed by atoms with E-state index in [4.69, 9.17) is 10.5 Å². The summed E-state index contributed by atoms with van der Waals surface area (Å²) in [7, 11) is 0. The Hall–Kier alpha value is -4.18. The van der Waals surface area contributed by atoms with E-state index in [9.17, 15) is 28.8 Å². The third-order valence-corrected chi connectivity index (χ3v) is 12.0. The van der Waals surface area contributed by atoms with E-state index < -0.39 is 40.9 Å². The van der Waals surface area contributed by atoms with E-state index in [0.717, 1.165) is 43.2 Å². The van der Waals surface area contributed by atoms with Gasteiger partial charge in [-0.25, -0.2) is 0 Å². The largest absolute Gasteiger partial charge is 0.460 e. The van der Waals surface area contributed by atoms with Crippen molar-refractivity contribution in [2.75, 3.05) is 0 Å². The molecule has 2 amide bonds. The molecule has 10 nitrogen and oxygen atoms in total. The van der Waals surface area contributed by atoms with Crippen molar-refractivity contribution in [2.45, 2.75) is 177 Å². The van der Waals surface area contributed by atoms with Gasteiger partial charge in [-0.15, -0.1) is 0 Å². The van der Waals surface area contributed by atoms with Crippen LogP contribution in [0.2, 0.25) is 0 Å². The van der Waals surface area contributed by atoms with Crippen LogP contribution in [0.4, 0.5) is 0 Å². The van der Waals surface area contributed by atoms with Crippen molar-refractivity contribution in [1.82, 2.24) is 10.6 Å². The smallest absolute Gasteiger partial charge is 0.307 e. The van der Waals surface area contributed by atoms with E-state index in [2.05, 4.69) is 24.5 Å². The highest BCUT2D eigenvalue weighted by Crippen LogP contribution is 2.47. The number of nitrogens with two attached hydrogens (primary N) is 1. The number of Topliss-reactive ketones (excluding diaryl/α,β-unsaturated/α-hetero) is 3. The molecule has 0 aromatic heterocycles. The second-order valence-corrected chi connectivity index (χ2v) is 21.0. The minimum Gasteiger partial charge on any atom is -0.460 e. The van der Waals surface area contributed by atoms with E-state index >= 15 is 0 Å². The fraction of sp³-hybridized carbons (Fsp3) is 0.654. The van der Waals surface area contributed by atoms with Gasteiger partial charge in [0, 0.05) is 29.1 Å². The standard InChI is InChI=1S/C42H60N2O6.C10H19NO/c1-28(2)23-34(43-39(48)32(27-37(46)50-41(5,6)7)20-19-30-15-11-9-12-16-30)36(45)26-33(25-31-17-13-10-14-18-31)40(49)44-35(24-29(3)4)38(47)42(8)21-22-42;1-7(2)6-8(11)9(12)10(3)4-5-10/h9-18,28-29,32-35H,19-27H2,1-8H3,(H,43,48)(H,44,49);7-8H,4-6,11H2,1-3H3/t32-,33-,34+,35+;8-/m10/s1. The van der Waals surface area contributed by atoms with Gasteiger partial charge in [0.05, 0.1) is 24.5 Å². The molecule has 0 saturated heterocycles. The second-order valence-electron chi connectivity index (χ2n) is 21.0. The Morgan fingerprint density at radius 2 is 1.08 bits per heavy atom. The summed E-state index contributed by atoms with van der Waals surface area (Å²) >= 11 is 0. The van der Waals surface area contributed by atoms with Gasteiger partial charge >= 0.3 is 5.97 Å². The van der Waals surface area contributed by atoms with Gasteiger partial charge in [-0.1, -0.05) is 116 Å². The number of benzene rings is 2. The summed E-state index contributed by atoms with van der Waals surface area (Å²) in [5.41, 5.74) is 6.60. The topological polar surface area (TPSA) is 162 Å². The predicted octanol–water partition coefficient (Wildman–Crippen LogP) is 8.95. The molecule has 0 unspecified atom stereocenters. The molecule has 2 aromatic rings. The molecule has 5 atom stereocenters. The number of rotatable bonds is 24. The molecule has 0 radical (unpaired) electrons. The lowest BCUT2D eigenvalue weighted by Crippen LogP contribution is -2.49. The van der Waals surface area contributed by atoms with Crippen LogP contribution in [0.25, 0.3) is 0 Å². The number of ketones is 3. The number of hydrogen-bond acceptors (Lipinski definition) is 8. The average Bonchev–Trinajstić information content (AvgIpc) is 4.12. The second kappa shape index (κ2) is 23.5. The molecule has 62 heavy (non-hydrogen) atoms. The van der Waals surface area contributed by atoms with Crippen LogP contribution in [-0.4, -0.2) is 58.9 Å². The molecule has 0 aliphatic heterocycles. The summed E-state index contributed by atoms with van der Waals surface area (Å²) in [5, 5.41) is 6.04. The molecule has 2 aliphatic carbocycles. The maximum atomic E-state index is 14.1. The summed E-state index contributed by atoms with van der Waals surface area (Å²) < 4.78 is 5.57. The third kappa shape index (κ3) is 18.3. The van der Waals surface area contributed by atoms with Crippen molar-refractivity contribution in [3.63, 3.8) is 0 Å². The van der Waals surface area contributed by atoms with Gasteiger partial charge in [-0.05, 0) is 114 Å². The molecular formula is C52H79N3O7. The lowest BCUT2D eigenvalue weighted by atomic mass is 9.87. The summed E-state index contributed by atoms with van der Waals surface area (Å²) in [4.78, 5) is 80.1. The number of carbonyl (C=O) groups excluding carboxylic acids is 6. The number of aryl methyl sites for hydroxylation is 1. The molecule has 10 heteroatoms. The quantitative estimate of drug-likeness (QED) is 0.0882. The van der Waals surface area contributed by atoms with Gasteiger partial charge in [-0.2, -0.15) is 0 Å². The number of hydrogen-bond donors (Lipinski definition) is 3. The summed E-state index contributed by atoms with van der Waals surface area (Å²) in [6.07, 6.45) is 6.55. The van der Waals surface area contributed by atoms with Crippen molar-refractivity contribution in [2.24, 2.45) is 46.2 Å². The molecular weight excluding hydrogens is 779 g/mol. The lowest BCUT2D eigenvalue weighted by molar-refractivity contribution is -0.157. The molecule has 0 spiro atoms. The first kappa shape index (κ1) is 52.2. The van der Waals surface area contributed by atoms with Crippen molar-refractivity contribution < 1.29 is 33.5 Å². The Bertz CT molecular complexity index is 1770. The van der Waals surface area contributed by atoms with Crippen LogP contribution < -0.4 is 16.4 Å². The first-order valence-electron chi connectivity index (χ1n) is 23.2. The Morgan fingerprint density at radius 3 is 1.56 bits per heavy atom. The fourth-order valence-corrected chi connectivity index (χ4v) is 7.81. The predicted molar refractivity (Wildman–Crippen MR) is 247 cm³/mol. The Kier molecular flexibility index (Phi) is 19.8. The minimum atomic E-state index is -0.843.